The van der Waals surface area contributed by atoms with E-state index in [0.29, 0.717) is 11.8 Å². The van der Waals surface area contributed by atoms with Crippen LogP contribution in [0.25, 0.3) is 0 Å². The fraction of sp³-hybridized carbons (Fsp3) is 0.727. The molecule has 0 saturated heterocycles. The van der Waals surface area contributed by atoms with Crippen molar-refractivity contribution >= 4 is 17.7 Å². The first-order chi connectivity index (χ1) is 8.27. The Balaban J connectivity index is 1.78. The van der Waals surface area contributed by atoms with E-state index in [1.165, 1.54) is 31.0 Å². The van der Waals surface area contributed by atoms with Crippen LogP contribution in [0.2, 0.25) is 0 Å². The van der Waals surface area contributed by atoms with Gasteiger partial charge in [0.15, 0.2) is 0 Å². The van der Waals surface area contributed by atoms with Crippen LogP contribution < -0.4 is 0 Å². The highest BCUT2D eigenvalue weighted by molar-refractivity contribution is 7.99. The normalized spacial score (nSPS) is 17.0. The maximum atomic E-state index is 12.0. The van der Waals surface area contributed by atoms with Crippen molar-refractivity contribution in [2.75, 3.05) is 12.8 Å². The SMILES string of the molecule is CN(C(=O)CSc1cn[nH]n1)C1CCCCC1. The zero-order chi connectivity index (χ0) is 12.1. The van der Waals surface area contributed by atoms with Crippen LogP contribution in [-0.2, 0) is 4.79 Å². The van der Waals surface area contributed by atoms with Crippen LogP contribution >= 0.6 is 11.8 Å². The minimum absolute atomic E-state index is 0.185. The number of hydrogen-bond donors (Lipinski definition) is 1. The summed E-state index contributed by atoms with van der Waals surface area (Å²) < 4.78 is 0. The Hall–Kier alpha value is -1.04. The average molecular weight is 254 g/mol. The molecule has 5 nitrogen and oxygen atoms in total. The molecule has 2 rings (SSSR count). The van der Waals surface area contributed by atoms with Crippen LogP contribution in [0.5, 0.6) is 0 Å². The van der Waals surface area contributed by atoms with Crippen molar-refractivity contribution in [2.45, 2.75) is 43.2 Å². The standard InChI is InChI=1S/C11H18N4OS/c1-15(9-5-3-2-4-6-9)11(16)8-17-10-7-12-14-13-10/h7,9H,2-6,8H2,1H3,(H,12,13,14). The quantitative estimate of drug-likeness (QED) is 0.831. The number of aromatic amines is 1. The smallest absolute Gasteiger partial charge is 0.232 e. The first-order valence-electron chi connectivity index (χ1n) is 6.01. The van der Waals surface area contributed by atoms with E-state index in [9.17, 15) is 4.79 Å². The average Bonchev–Trinajstić information content (AvgIpc) is 2.89. The minimum atomic E-state index is 0.185. The zero-order valence-electron chi connectivity index (χ0n) is 10.1. The third-order valence-corrected chi connectivity index (χ3v) is 4.14. The molecule has 0 aliphatic heterocycles. The number of rotatable bonds is 4. The molecule has 0 spiro atoms. The van der Waals surface area contributed by atoms with Crippen molar-refractivity contribution in [3.05, 3.63) is 6.20 Å². The Morgan fingerprint density at radius 2 is 2.29 bits per heavy atom. The first-order valence-corrected chi connectivity index (χ1v) is 7.00. The number of hydrogen-bond acceptors (Lipinski definition) is 4. The number of aromatic nitrogens is 3. The van der Waals surface area contributed by atoms with Gasteiger partial charge in [-0.2, -0.15) is 10.3 Å². The Morgan fingerprint density at radius 1 is 1.53 bits per heavy atom. The van der Waals surface area contributed by atoms with Crippen molar-refractivity contribution in [2.24, 2.45) is 0 Å². The van der Waals surface area contributed by atoms with Crippen LogP contribution in [0.1, 0.15) is 32.1 Å². The lowest BCUT2D eigenvalue weighted by molar-refractivity contribution is -0.129. The maximum Gasteiger partial charge on any atom is 0.232 e. The fourth-order valence-corrected chi connectivity index (χ4v) is 2.88. The fourth-order valence-electron chi connectivity index (χ4n) is 2.17. The Bertz CT molecular complexity index is 348. The summed E-state index contributed by atoms with van der Waals surface area (Å²) >= 11 is 1.43. The van der Waals surface area contributed by atoms with Gasteiger partial charge in [0.2, 0.25) is 5.91 Å². The van der Waals surface area contributed by atoms with Crippen LogP contribution in [0, 0.1) is 0 Å². The van der Waals surface area contributed by atoms with Crippen molar-refractivity contribution in [3.63, 3.8) is 0 Å². The van der Waals surface area contributed by atoms with Gasteiger partial charge in [-0.1, -0.05) is 31.0 Å². The summed E-state index contributed by atoms with van der Waals surface area (Å²) in [7, 11) is 1.92. The predicted molar refractivity (Wildman–Crippen MR) is 66.7 cm³/mol. The van der Waals surface area contributed by atoms with Gasteiger partial charge in [0.1, 0.15) is 5.03 Å². The number of amides is 1. The van der Waals surface area contributed by atoms with Gasteiger partial charge in [0.25, 0.3) is 0 Å². The van der Waals surface area contributed by atoms with Crippen LogP contribution in [0.4, 0.5) is 0 Å². The molecular weight excluding hydrogens is 236 g/mol. The Labute approximate surface area is 105 Å². The van der Waals surface area contributed by atoms with Crippen molar-refractivity contribution in [3.8, 4) is 0 Å². The van der Waals surface area contributed by atoms with E-state index in [1.807, 2.05) is 11.9 Å². The van der Waals surface area contributed by atoms with Gasteiger partial charge in [-0.3, -0.25) is 4.79 Å². The van der Waals surface area contributed by atoms with E-state index in [1.54, 1.807) is 6.20 Å². The number of thioether (sulfide) groups is 1. The molecule has 1 aliphatic rings. The Kier molecular flexibility index (Phi) is 4.42. The molecule has 1 fully saturated rings. The van der Waals surface area contributed by atoms with Crippen LogP contribution in [0.15, 0.2) is 11.2 Å². The lowest BCUT2D eigenvalue weighted by Gasteiger charge is -2.31. The number of nitrogens with zero attached hydrogens (tertiary/aromatic N) is 3. The van der Waals surface area contributed by atoms with Gasteiger partial charge in [-0.05, 0) is 12.8 Å². The summed E-state index contributed by atoms with van der Waals surface area (Å²) in [6.07, 6.45) is 7.75. The molecule has 0 aromatic carbocycles. The molecule has 1 amide bonds. The molecule has 1 aliphatic carbocycles. The molecule has 1 heterocycles. The predicted octanol–water partition coefficient (Wildman–Crippen LogP) is 1.69. The van der Waals surface area contributed by atoms with Gasteiger partial charge in [0, 0.05) is 13.1 Å². The second kappa shape index (κ2) is 6.05. The highest BCUT2D eigenvalue weighted by atomic mass is 32.2. The van der Waals surface area contributed by atoms with Crippen molar-refractivity contribution in [1.29, 1.82) is 0 Å². The summed E-state index contributed by atoms with van der Waals surface area (Å²) in [5.41, 5.74) is 0. The summed E-state index contributed by atoms with van der Waals surface area (Å²) in [6.45, 7) is 0. The molecule has 1 saturated carbocycles. The lowest BCUT2D eigenvalue weighted by atomic mass is 9.94. The number of nitrogens with one attached hydrogen (secondary N) is 1. The molecule has 0 bridgehead atoms. The van der Waals surface area contributed by atoms with E-state index < -0.39 is 0 Å². The van der Waals surface area contributed by atoms with Crippen molar-refractivity contribution in [1.82, 2.24) is 20.3 Å². The molecule has 1 N–H and O–H groups in total. The summed E-state index contributed by atoms with van der Waals surface area (Å²) in [5, 5.41) is 10.9. The molecule has 17 heavy (non-hydrogen) atoms. The summed E-state index contributed by atoms with van der Waals surface area (Å²) in [6, 6.07) is 0.439. The van der Waals surface area contributed by atoms with Gasteiger partial charge in [0.05, 0.1) is 11.9 Å². The lowest BCUT2D eigenvalue weighted by Crippen LogP contribution is -2.39. The molecule has 0 atom stereocenters. The largest absolute Gasteiger partial charge is 0.342 e. The second-order valence-corrected chi connectivity index (χ2v) is 5.39. The minimum Gasteiger partial charge on any atom is -0.342 e. The summed E-state index contributed by atoms with van der Waals surface area (Å²) in [4.78, 5) is 13.9. The number of carbonyl (C=O) groups excluding carboxylic acids is 1. The molecule has 6 heteroatoms. The van der Waals surface area contributed by atoms with Gasteiger partial charge >= 0.3 is 0 Å². The van der Waals surface area contributed by atoms with E-state index in [4.69, 9.17) is 0 Å². The zero-order valence-corrected chi connectivity index (χ0v) is 10.9. The topological polar surface area (TPSA) is 61.9 Å². The highest BCUT2D eigenvalue weighted by Gasteiger charge is 2.21. The maximum absolute atomic E-state index is 12.0. The summed E-state index contributed by atoms with van der Waals surface area (Å²) in [5.74, 6) is 0.629. The van der Waals surface area contributed by atoms with Gasteiger partial charge in [-0.15, -0.1) is 5.10 Å². The highest BCUT2D eigenvalue weighted by Crippen LogP contribution is 2.22. The van der Waals surface area contributed by atoms with E-state index >= 15 is 0 Å². The van der Waals surface area contributed by atoms with Crippen LogP contribution in [-0.4, -0.2) is 45.1 Å². The first kappa shape index (κ1) is 12.4. The molecule has 94 valence electrons. The van der Waals surface area contributed by atoms with Crippen molar-refractivity contribution < 1.29 is 4.79 Å². The molecule has 0 radical (unpaired) electrons. The third kappa shape index (κ3) is 3.46. The molecule has 1 aromatic rings. The van der Waals surface area contributed by atoms with E-state index in [0.717, 1.165) is 17.9 Å². The van der Waals surface area contributed by atoms with Crippen LogP contribution in [0.3, 0.4) is 0 Å². The molecule has 0 unspecified atom stereocenters. The number of carbonyl (C=O) groups is 1. The van der Waals surface area contributed by atoms with E-state index in [2.05, 4.69) is 15.4 Å². The third-order valence-electron chi connectivity index (χ3n) is 3.25. The van der Waals surface area contributed by atoms with Gasteiger partial charge < -0.3 is 4.90 Å². The second-order valence-electron chi connectivity index (χ2n) is 4.39. The Morgan fingerprint density at radius 3 is 2.94 bits per heavy atom. The monoisotopic (exact) mass is 254 g/mol. The molecule has 1 aromatic heterocycles. The number of H-pyrrole nitrogens is 1. The molecular formula is C11H18N4OS. The van der Waals surface area contributed by atoms with E-state index in [-0.39, 0.29) is 5.91 Å². The van der Waals surface area contributed by atoms with Gasteiger partial charge in [-0.25, -0.2) is 0 Å².